The highest BCUT2D eigenvalue weighted by Gasteiger charge is 2.57. The summed E-state index contributed by atoms with van der Waals surface area (Å²) >= 11 is 0. The quantitative estimate of drug-likeness (QED) is 0.0336. The molecule has 262 valence electrons. The summed E-state index contributed by atoms with van der Waals surface area (Å²) in [5, 5.41) is 11.0. The van der Waals surface area contributed by atoms with Crippen LogP contribution in [-0.2, 0) is 9.59 Å². The average Bonchev–Trinajstić information content (AvgIpc) is 2.99. The van der Waals surface area contributed by atoms with Crippen molar-refractivity contribution in [1.29, 1.82) is 0 Å². The van der Waals surface area contributed by atoms with Crippen LogP contribution in [0.25, 0.3) is 0 Å². The van der Waals surface area contributed by atoms with Gasteiger partial charge < -0.3 is 18.8 Å². The lowest BCUT2D eigenvalue weighted by Gasteiger charge is -2.58. The van der Waals surface area contributed by atoms with Crippen LogP contribution in [0.1, 0.15) is 207 Å². The minimum absolute atomic E-state index is 0.269. The number of hydrogen-bond donors (Lipinski definition) is 1. The van der Waals surface area contributed by atoms with Gasteiger partial charge in [-0.25, -0.2) is 0 Å². The molecule has 0 aliphatic heterocycles. The molecule has 1 unspecified atom stereocenters. The summed E-state index contributed by atoms with van der Waals surface area (Å²) < 4.78 is 0.297. The fourth-order valence-corrected chi connectivity index (χ4v) is 7.08. The van der Waals surface area contributed by atoms with Gasteiger partial charge in [0.05, 0.1) is 21.1 Å². The molecule has 0 radical (unpaired) electrons. The zero-order chi connectivity index (χ0) is 33.2. The molecule has 0 bridgehead atoms. The van der Waals surface area contributed by atoms with Crippen molar-refractivity contribution in [3.8, 4) is 0 Å². The Morgan fingerprint density at radius 1 is 0.477 bits per heavy atom. The minimum atomic E-state index is -2.01. The van der Waals surface area contributed by atoms with Crippen molar-refractivity contribution in [3.63, 3.8) is 0 Å². The summed E-state index contributed by atoms with van der Waals surface area (Å²) in [4.78, 5) is 27.4. The molecule has 0 aromatic carbocycles. The number of carbonyl (C=O) groups excluding carboxylic acids is 2. The lowest BCUT2D eigenvalue weighted by molar-refractivity contribution is -0.912. The molecule has 1 N–H and O–H groups in total. The first-order chi connectivity index (χ1) is 21.0. The molecule has 0 aromatic heterocycles. The molecule has 4 nitrogen and oxygen atoms in total. The van der Waals surface area contributed by atoms with Crippen LogP contribution >= 0.6 is 9.24 Å². The average molecular weight is 640 g/mol. The highest BCUT2D eigenvalue weighted by atomic mass is 31.0. The van der Waals surface area contributed by atoms with E-state index in [0.29, 0.717) is 10.9 Å². The van der Waals surface area contributed by atoms with E-state index in [1.807, 2.05) is 28.1 Å². The Kier molecular flexibility index (Phi) is 26.5. The van der Waals surface area contributed by atoms with Crippen LogP contribution in [0.4, 0.5) is 0 Å². The molecular formula is C39H78NO3P. The van der Waals surface area contributed by atoms with Crippen LogP contribution in [0.5, 0.6) is 0 Å². The smallest absolute Gasteiger partial charge is 0.207 e. The van der Waals surface area contributed by atoms with E-state index in [1.165, 1.54) is 128 Å². The van der Waals surface area contributed by atoms with Crippen molar-refractivity contribution in [2.75, 3.05) is 21.1 Å². The molecule has 0 spiro atoms. The fraction of sp³-hybridized carbons (Fsp3) is 0.949. The van der Waals surface area contributed by atoms with Gasteiger partial charge in [0, 0.05) is 18.1 Å². The van der Waals surface area contributed by atoms with E-state index in [2.05, 4.69) is 23.1 Å². The Labute approximate surface area is 278 Å². The second kappa shape index (κ2) is 26.7. The van der Waals surface area contributed by atoms with Crippen molar-refractivity contribution in [2.45, 2.75) is 218 Å². The number of unbranched alkanes of at least 4 members (excludes halogenated alkanes) is 24. The van der Waals surface area contributed by atoms with Gasteiger partial charge in [0.25, 0.3) is 0 Å². The summed E-state index contributed by atoms with van der Waals surface area (Å²) in [5.41, 5.74) is -2.01. The largest absolute Gasteiger partial charge is 0.485 e. The Morgan fingerprint density at radius 3 is 0.909 bits per heavy atom. The number of aliphatic hydroxyl groups is 1. The molecule has 0 saturated heterocycles. The first-order valence-electron chi connectivity index (χ1n) is 19.4. The minimum Gasteiger partial charge on any atom is -0.485 e. The summed E-state index contributed by atoms with van der Waals surface area (Å²) in [6.45, 7) is 6.49. The summed E-state index contributed by atoms with van der Waals surface area (Å²) in [7, 11) is 9.71. The number of Topliss-reactive ketones (excluding diaryl/α,β-unsaturated/α-hetero) is 2. The lowest BCUT2D eigenvalue weighted by atomic mass is 9.78. The van der Waals surface area contributed by atoms with Crippen molar-refractivity contribution in [3.05, 3.63) is 0 Å². The normalized spacial score (nSPS) is 13.7. The van der Waals surface area contributed by atoms with Gasteiger partial charge in [-0.1, -0.05) is 175 Å². The molecule has 0 saturated carbocycles. The number of ketones is 2. The molecular weight excluding hydrogens is 561 g/mol. The number of nitrogens with zero attached hydrogens (tertiary/aromatic N) is 1. The predicted molar refractivity (Wildman–Crippen MR) is 195 cm³/mol. The van der Waals surface area contributed by atoms with Gasteiger partial charge in [-0.15, -0.1) is 0 Å². The lowest BCUT2D eigenvalue weighted by Crippen LogP contribution is -2.72. The van der Waals surface area contributed by atoms with Crippen molar-refractivity contribution >= 4 is 20.8 Å². The maximum absolute atomic E-state index is 13.7. The molecule has 1 atom stereocenters. The van der Waals surface area contributed by atoms with Crippen LogP contribution in [0.2, 0.25) is 0 Å². The molecule has 0 fully saturated rings. The van der Waals surface area contributed by atoms with Crippen LogP contribution < -0.4 is 0 Å². The molecule has 5 heteroatoms. The van der Waals surface area contributed by atoms with E-state index in [4.69, 9.17) is 0 Å². The van der Waals surface area contributed by atoms with E-state index in [0.717, 1.165) is 38.5 Å². The third-order valence-electron chi connectivity index (χ3n) is 10.1. The molecule has 44 heavy (non-hydrogen) atoms. The maximum Gasteiger partial charge on any atom is 0.207 e. The topological polar surface area (TPSA) is 54.4 Å². The van der Waals surface area contributed by atoms with Crippen molar-refractivity contribution in [1.82, 2.24) is 0 Å². The van der Waals surface area contributed by atoms with Gasteiger partial charge in [-0.3, -0.25) is 9.59 Å². The van der Waals surface area contributed by atoms with Gasteiger partial charge in [-0.2, -0.15) is 0 Å². The Hall–Kier alpha value is -0.310. The van der Waals surface area contributed by atoms with Crippen LogP contribution in [0, 0.1) is 0 Å². The Balaban J connectivity index is 4.55. The first kappa shape index (κ1) is 43.7. The van der Waals surface area contributed by atoms with Gasteiger partial charge >= 0.3 is 0 Å². The molecule has 0 aliphatic rings. The number of hydrogen-bond acceptors (Lipinski definition) is 3. The van der Waals surface area contributed by atoms with E-state index in [1.54, 1.807) is 0 Å². The Morgan fingerprint density at radius 2 is 0.705 bits per heavy atom. The zero-order valence-electron chi connectivity index (χ0n) is 30.7. The predicted octanol–water partition coefficient (Wildman–Crippen LogP) is 11.8. The monoisotopic (exact) mass is 640 g/mol. The first-order valence-corrected chi connectivity index (χ1v) is 19.9. The third kappa shape index (κ3) is 17.6. The van der Waals surface area contributed by atoms with Crippen LogP contribution in [0.3, 0.4) is 0 Å². The maximum atomic E-state index is 13.7. The van der Waals surface area contributed by atoms with Gasteiger partial charge in [0.15, 0.2) is 11.6 Å². The Bertz CT molecular complexity index is 662. The molecule has 0 aliphatic carbocycles. The second-order valence-electron chi connectivity index (χ2n) is 14.8. The molecule has 0 heterocycles. The van der Waals surface area contributed by atoms with Gasteiger partial charge in [0.1, 0.15) is 0 Å². The second-order valence-corrected chi connectivity index (χ2v) is 15.6. The SMILES string of the molecule is CCCCCCCCCCCCCCCC(=O)C(O)(C(=O)CCCCCCCCCCCCCCC)C([PH-])(CC)[N+](C)(C)C. The summed E-state index contributed by atoms with van der Waals surface area (Å²) in [6.07, 6.45) is 33.4. The summed E-state index contributed by atoms with van der Waals surface area (Å²) in [5.74, 6) is -0.602. The molecule has 0 rings (SSSR count). The number of likely N-dealkylation sites (N-methyl/N-ethyl adjacent to an activating group) is 1. The van der Waals surface area contributed by atoms with E-state index >= 15 is 0 Å². The van der Waals surface area contributed by atoms with E-state index < -0.39 is 10.9 Å². The van der Waals surface area contributed by atoms with Crippen molar-refractivity contribution < 1.29 is 19.2 Å². The fourth-order valence-electron chi connectivity index (χ4n) is 6.80. The highest BCUT2D eigenvalue weighted by molar-refractivity contribution is 7.19. The number of quaternary nitrogens is 1. The van der Waals surface area contributed by atoms with Gasteiger partial charge in [-0.05, 0) is 19.3 Å². The molecule has 0 aromatic rings. The van der Waals surface area contributed by atoms with E-state index in [-0.39, 0.29) is 24.4 Å². The standard InChI is InChI=1S/C39H78NO3P/c1-7-10-12-14-16-18-20-22-24-26-28-30-32-34-36(41)39(43,38(44,9-3)40(4,5)6)37(42)35-33-31-29-27-25-23-21-19-17-15-13-11-8-2/h43-44H,7-35H2,1-6H3. The van der Waals surface area contributed by atoms with Gasteiger partial charge in [0.2, 0.25) is 5.60 Å². The molecule has 0 amide bonds. The van der Waals surface area contributed by atoms with Crippen molar-refractivity contribution in [2.24, 2.45) is 0 Å². The number of rotatable bonds is 33. The summed E-state index contributed by atoms with van der Waals surface area (Å²) in [6, 6.07) is 0. The zero-order valence-corrected chi connectivity index (χ0v) is 31.7. The highest BCUT2D eigenvalue weighted by Crippen LogP contribution is 2.43. The number of carbonyl (C=O) groups is 2. The van der Waals surface area contributed by atoms with Crippen LogP contribution in [-0.4, -0.2) is 53.2 Å². The van der Waals surface area contributed by atoms with E-state index in [9.17, 15) is 14.7 Å². The third-order valence-corrected chi connectivity index (χ3v) is 11.5. The van der Waals surface area contributed by atoms with Crippen LogP contribution in [0.15, 0.2) is 0 Å².